The van der Waals surface area contributed by atoms with Crippen molar-refractivity contribution in [3.8, 4) is 0 Å². The Morgan fingerprint density at radius 2 is 1.92 bits per heavy atom. The molecule has 12 heavy (non-hydrogen) atoms. The van der Waals surface area contributed by atoms with Crippen molar-refractivity contribution in [2.24, 2.45) is 5.92 Å². The van der Waals surface area contributed by atoms with Gasteiger partial charge in [-0.2, -0.15) is 0 Å². The quantitative estimate of drug-likeness (QED) is 0.577. The Labute approximate surface area is 71.1 Å². The first-order valence-corrected chi connectivity index (χ1v) is 4.21. The third-order valence-electron chi connectivity index (χ3n) is 2.21. The minimum atomic E-state index is -1.17. The van der Waals surface area contributed by atoms with E-state index >= 15 is 0 Å². The number of alkyl halides is 1. The van der Waals surface area contributed by atoms with Crippen LogP contribution in [-0.4, -0.2) is 12.1 Å². The smallest absolute Gasteiger partial charge is 0.100 e. The van der Waals surface area contributed by atoms with E-state index in [2.05, 4.69) is 0 Å². The number of halogens is 1. The lowest BCUT2D eigenvalue weighted by atomic mass is 9.88. The second-order valence-corrected chi connectivity index (χ2v) is 3.19. The summed E-state index contributed by atoms with van der Waals surface area (Å²) in [6, 6.07) is 0. The van der Waals surface area contributed by atoms with E-state index in [0.717, 1.165) is 18.9 Å². The fourth-order valence-corrected chi connectivity index (χ4v) is 1.49. The van der Waals surface area contributed by atoms with Crippen LogP contribution in [0.3, 0.4) is 0 Å². The third-order valence-corrected chi connectivity index (χ3v) is 2.21. The predicted molar refractivity (Wildman–Crippen MR) is 41.0 cm³/mol. The summed E-state index contributed by atoms with van der Waals surface area (Å²) >= 11 is 0. The molecular formula is C9H12FO2-. The van der Waals surface area contributed by atoms with E-state index in [9.17, 15) is 14.3 Å². The number of carboxylic acid groups (broad SMARTS) is 1. The van der Waals surface area contributed by atoms with Crippen LogP contribution in [0.1, 0.15) is 25.7 Å². The number of carbonyl (C=O) groups excluding carboxylic acids is 1. The Kier molecular flexibility index (Phi) is 3.26. The second kappa shape index (κ2) is 4.24. The van der Waals surface area contributed by atoms with E-state index in [-0.39, 0.29) is 5.92 Å². The van der Waals surface area contributed by atoms with Crippen molar-refractivity contribution in [1.29, 1.82) is 0 Å². The molecule has 2 nitrogen and oxygen atoms in total. The van der Waals surface area contributed by atoms with Gasteiger partial charge in [0.15, 0.2) is 0 Å². The number of allylic oxidation sites excluding steroid dienone is 1. The van der Waals surface area contributed by atoms with Crippen LogP contribution in [0.4, 0.5) is 4.39 Å². The fraction of sp³-hybridized carbons (Fsp3) is 0.667. The lowest BCUT2D eigenvalue weighted by Gasteiger charge is -2.21. The minimum absolute atomic E-state index is 0.231. The van der Waals surface area contributed by atoms with Gasteiger partial charge in [-0.05, 0) is 37.7 Å². The Morgan fingerprint density at radius 3 is 2.42 bits per heavy atom. The summed E-state index contributed by atoms with van der Waals surface area (Å²) in [5.41, 5.74) is 0. The van der Waals surface area contributed by atoms with Crippen molar-refractivity contribution in [1.82, 2.24) is 0 Å². The van der Waals surface area contributed by atoms with Crippen LogP contribution in [0.2, 0.25) is 0 Å². The van der Waals surface area contributed by atoms with Crippen LogP contribution in [0, 0.1) is 5.92 Å². The van der Waals surface area contributed by atoms with E-state index in [4.69, 9.17) is 0 Å². The van der Waals surface area contributed by atoms with Crippen molar-refractivity contribution in [2.45, 2.75) is 31.9 Å². The largest absolute Gasteiger partial charge is 0.545 e. The van der Waals surface area contributed by atoms with E-state index < -0.39 is 12.1 Å². The lowest BCUT2D eigenvalue weighted by Crippen LogP contribution is -2.20. The zero-order chi connectivity index (χ0) is 8.97. The molecule has 0 radical (unpaired) electrons. The van der Waals surface area contributed by atoms with Gasteiger partial charge in [-0.1, -0.05) is 6.08 Å². The fourth-order valence-electron chi connectivity index (χ4n) is 1.49. The molecule has 0 amide bonds. The lowest BCUT2D eigenvalue weighted by molar-refractivity contribution is -0.297. The van der Waals surface area contributed by atoms with Gasteiger partial charge >= 0.3 is 0 Å². The molecule has 0 saturated heterocycles. The highest BCUT2D eigenvalue weighted by atomic mass is 19.1. The number of aliphatic carboxylic acids is 1. The standard InChI is InChI=1S/C9H13FO2/c10-8-4-1-7(2-5-8)3-6-9(11)12/h3,6-8H,1-2,4-5H2,(H,11,12)/p-1/b6-3+. The summed E-state index contributed by atoms with van der Waals surface area (Å²) in [5, 5.41) is 10.0. The predicted octanol–water partition coefficient (Wildman–Crippen LogP) is 0.821. The van der Waals surface area contributed by atoms with Crippen molar-refractivity contribution in [3.05, 3.63) is 12.2 Å². The molecule has 0 bridgehead atoms. The number of hydrogen-bond donors (Lipinski definition) is 0. The van der Waals surface area contributed by atoms with Crippen LogP contribution < -0.4 is 5.11 Å². The molecule has 3 heteroatoms. The van der Waals surface area contributed by atoms with Crippen LogP contribution in [0.25, 0.3) is 0 Å². The van der Waals surface area contributed by atoms with Crippen molar-refractivity contribution in [3.63, 3.8) is 0 Å². The molecule has 0 aromatic carbocycles. The van der Waals surface area contributed by atoms with E-state index in [1.165, 1.54) is 0 Å². The van der Waals surface area contributed by atoms with Crippen LogP contribution >= 0.6 is 0 Å². The molecule has 0 unspecified atom stereocenters. The van der Waals surface area contributed by atoms with Gasteiger partial charge in [0.1, 0.15) is 6.17 Å². The summed E-state index contributed by atoms with van der Waals surface area (Å²) in [6.07, 6.45) is 4.60. The average molecular weight is 171 g/mol. The molecule has 68 valence electrons. The molecular weight excluding hydrogens is 159 g/mol. The van der Waals surface area contributed by atoms with Gasteiger partial charge in [-0.3, -0.25) is 0 Å². The molecule has 1 aliphatic carbocycles. The zero-order valence-electron chi connectivity index (χ0n) is 6.83. The van der Waals surface area contributed by atoms with Crippen molar-refractivity contribution >= 4 is 5.97 Å². The zero-order valence-corrected chi connectivity index (χ0v) is 6.83. The molecule has 0 heterocycles. The Bertz CT molecular complexity index is 181. The van der Waals surface area contributed by atoms with Crippen LogP contribution in [0.5, 0.6) is 0 Å². The normalized spacial score (nSPS) is 30.8. The summed E-state index contributed by atoms with van der Waals surface area (Å²) in [6.45, 7) is 0. The molecule has 1 aliphatic rings. The molecule has 0 spiro atoms. The molecule has 0 aliphatic heterocycles. The maximum Gasteiger partial charge on any atom is 0.100 e. The monoisotopic (exact) mass is 171 g/mol. The van der Waals surface area contributed by atoms with Gasteiger partial charge < -0.3 is 9.90 Å². The van der Waals surface area contributed by atoms with Gasteiger partial charge in [0.05, 0.1) is 5.97 Å². The number of carbonyl (C=O) groups is 1. The SMILES string of the molecule is O=C([O-])/C=C/C1CCC(F)CC1. The Morgan fingerprint density at radius 1 is 1.33 bits per heavy atom. The minimum Gasteiger partial charge on any atom is -0.545 e. The summed E-state index contributed by atoms with van der Waals surface area (Å²) in [4.78, 5) is 10.0. The van der Waals surface area contributed by atoms with E-state index in [1.807, 2.05) is 0 Å². The molecule has 0 aromatic heterocycles. The highest BCUT2D eigenvalue weighted by Gasteiger charge is 2.17. The maximum absolute atomic E-state index is 12.6. The second-order valence-electron chi connectivity index (χ2n) is 3.19. The first-order valence-electron chi connectivity index (χ1n) is 4.21. The van der Waals surface area contributed by atoms with Crippen LogP contribution in [0.15, 0.2) is 12.2 Å². The van der Waals surface area contributed by atoms with Crippen molar-refractivity contribution in [2.75, 3.05) is 0 Å². The number of rotatable bonds is 2. The molecule has 1 saturated carbocycles. The van der Waals surface area contributed by atoms with Gasteiger partial charge in [-0.15, -0.1) is 0 Å². The van der Waals surface area contributed by atoms with Gasteiger partial charge in [0.25, 0.3) is 0 Å². The molecule has 1 fully saturated rings. The Hall–Kier alpha value is -0.860. The van der Waals surface area contributed by atoms with Gasteiger partial charge in [0, 0.05) is 0 Å². The topological polar surface area (TPSA) is 40.1 Å². The van der Waals surface area contributed by atoms with E-state index in [1.54, 1.807) is 6.08 Å². The van der Waals surface area contributed by atoms with Gasteiger partial charge in [-0.25, -0.2) is 4.39 Å². The molecule has 0 atom stereocenters. The first-order chi connectivity index (χ1) is 5.68. The van der Waals surface area contributed by atoms with Crippen LogP contribution in [-0.2, 0) is 4.79 Å². The number of hydrogen-bond acceptors (Lipinski definition) is 2. The summed E-state index contributed by atoms with van der Waals surface area (Å²) < 4.78 is 12.6. The van der Waals surface area contributed by atoms with Crippen molar-refractivity contribution < 1.29 is 14.3 Å². The highest BCUT2D eigenvalue weighted by Crippen LogP contribution is 2.26. The Balaban J connectivity index is 2.30. The molecule has 0 aromatic rings. The molecule has 1 rings (SSSR count). The number of carboxylic acids is 1. The molecule has 0 N–H and O–H groups in total. The van der Waals surface area contributed by atoms with E-state index in [0.29, 0.717) is 12.8 Å². The highest BCUT2D eigenvalue weighted by molar-refractivity contribution is 5.77. The first kappa shape index (κ1) is 9.23. The van der Waals surface area contributed by atoms with Gasteiger partial charge in [0.2, 0.25) is 0 Å². The summed E-state index contributed by atoms with van der Waals surface area (Å²) in [7, 11) is 0. The maximum atomic E-state index is 12.6. The average Bonchev–Trinajstić information content (AvgIpc) is 2.03. The summed E-state index contributed by atoms with van der Waals surface area (Å²) in [5.74, 6) is -0.938. The third kappa shape index (κ3) is 3.03.